The van der Waals surface area contributed by atoms with Crippen LogP contribution in [0.3, 0.4) is 0 Å². The normalized spacial score (nSPS) is 13.5. The van der Waals surface area contributed by atoms with Crippen LogP contribution in [0.5, 0.6) is 11.8 Å². The molecule has 0 atom stereocenters. The van der Waals surface area contributed by atoms with Gasteiger partial charge >= 0.3 is 0 Å². The highest BCUT2D eigenvalue weighted by atomic mass is 16.3. The summed E-state index contributed by atoms with van der Waals surface area (Å²) in [5.41, 5.74) is 2.84. The van der Waals surface area contributed by atoms with Gasteiger partial charge in [-0.25, -0.2) is 0 Å². The summed E-state index contributed by atoms with van der Waals surface area (Å²) in [4.78, 5) is 0. The summed E-state index contributed by atoms with van der Waals surface area (Å²) in [7, 11) is 0. The van der Waals surface area contributed by atoms with E-state index in [1.165, 1.54) is 5.56 Å². The Kier molecular flexibility index (Phi) is 3.03. The van der Waals surface area contributed by atoms with Crippen molar-refractivity contribution < 1.29 is 10.2 Å². The third-order valence-electron chi connectivity index (χ3n) is 3.66. The molecule has 3 heteroatoms. The Labute approximate surface area is 112 Å². The maximum Gasteiger partial charge on any atom is 0.201 e. The number of aromatic nitrogens is 1. The number of aryl methyl sites for hydroxylation is 1. The van der Waals surface area contributed by atoms with Crippen LogP contribution < -0.4 is 0 Å². The molecular formula is C16H17NO2. The Morgan fingerprint density at radius 3 is 2.58 bits per heavy atom. The van der Waals surface area contributed by atoms with Crippen molar-refractivity contribution >= 4 is 6.08 Å². The van der Waals surface area contributed by atoms with E-state index in [-0.39, 0.29) is 11.8 Å². The molecule has 0 fully saturated rings. The van der Waals surface area contributed by atoms with E-state index in [2.05, 4.69) is 12.1 Å². The Morgan fingerprint density at radius 2 is 1.84 bits per heavy atom. The highest BCUT2D eigenvalue weighted by Crippen LogP contribution is 2.37. The number of fused-ring (bicyclic) bond motifs is 1. The van der Waals surface area contributed by atoms with Crippen LogP contribution in [0.2, 0.25) is 0 Å². The summed E-state index contributed by atoms with van der Waals surface area (Å²) < 4.78 is 1.60. The van der Waals surface area contributed by atoms with E-state index in [1.807, 2.05) is 30.4 Å². The fraction of sp³-hybridized carbons (Fsp3) is 0.250. The van der Waals surface area contributed by atoms with Gasteiger partial charge in [0, 0.05) is 17.7 Å². The average molecular weight is 255 g/mol. The first-order valence-electron chi connectivity index (χ1n) is 6.61. The standard InChI is InChI=1S/C16H17NO2/c18-15-13-8-4-5-9-14(13)16(19)17(15)11-10-12-6-2-1-3-7-12/h1-4,6-8,18-19H,5,9-11H2. The number of aromatic hydroxyl groups is 2. The molecule has 0 amide bonds. The molecule has 1 heterocycles. The van der Waals surface area contributed by atoms with E-state index in [0.717, 1.165) is 30.4 Å². The molecule has 1 aliphatic rings. The molecule has 98 valence electrons. The average Bonchev–Trinajstić information content (AvgIpc) is 2.71. The minimum atomic E-state index is 0.180. The largest absolute Gasteiger partial charge is 0.494 e. The number of nitrogens with zero attached hydrogens (tertiary/aromatic N) is 1. The molecule has 1 aromatic heterocycles. The fourth-order valence-corrected chi connectivity index (χ4v) is 2.61. The fourth-order valence-electron chi connectivity index (χ4n) is 2.61. The first-order chi connectivity index (χ1) is 9.27. The molecular weight excluding hydrogens is 238 g/mol. The van der Waals surface area contributed by atoms with Crippen molar-refractivity contribution in [1.82, 2.24) is 4.57 Å². The van der Waals surface area contributed by atoms with Crippen molar-refractivity contribution in [2.75, 3.05) is 0 Å². The van der Waals surface area contributed by atoms with Gasteiger partial charge in [0.25, 0.3) is 0 Å². The summed E-state index contributed by atoms with van der Waals surface area (Å²) in [6, 6.07) is 10.1. The highest BCUT2D eigenvalue weighted by Gasteiger charge is 2.21. The predicted molar refractivity (Wildman–Crippen MR) is 75.3 cm³/mol. The molecule has 0 spiro atoms. The molecule has 0 radical (unpaired) electrons. The zero-order valence-electron chi connectivity index (χ0n) is 10.7. The van der Waals surface area contributed by atoms with Crippen LogP contribution in [0, 0.1) is 0 Å². The minimum Gasteiger partial charge on any atom is -0.494 e. The number of allylic oxidation sites excluding steroid dienone is 1. The first-order valence-corrected chi connectivity index (χ1v) is 6.61. The summed E-state index contributed by atoms with van der Waals surface area (Å²) in [6.45, 7) is 0.586. The van der Waals surface area contributed by atoms with Crippen LogP contribution in [0.1, 0.15) is 23.1 Å². The summed E-state index contributed by atoms with van der Waals surface area (Å²) in [5.74, 6) is 0.396. The number of hydrogen-bond donors (Lipinski definition) is 2. The van der Waals surface area contributed by atoms with Crippen LogP contribution in [0.15, 0.2) is 36.4 Å². The second-order valence-corrected chi connectivity index (χ2v) is 4.87. The quantitative estimate of drug-likeness (QED) is 0.885. The number of hydrogen-bond acceptors (Lipinski definition) is 2. The van der Waals surface area contributed by atoms with Crippen LogP contribution >= 0.6 is 0 Å². The van der Waals surface area contributed by atoms with Gasteiger partial charge < -0.3 is 10.2 Å². The molecule has 0 bridgehead atoms. The van der Waals surface area contributed by atoms with Crippen LogP contribution in [0.4, 0.5) is 0 Å². The van der Waals surface area contributed by atoms with Gasteiger partial charge in [-0.05, 0) is 24.8 Å². The van der Waals surface area contributed by atoms with Crippen molar-refractivity contribution in [1.29, 1.82) is 0 Å². The van der Waals surface area contributed by atoms with Gasteiger partial charge in [-0.15, -0.1) is 0 Å². The SMILES string of the molecule is Oc1c2c(c(O)n1CCc1ccccc1)CCC=C2. The van der Waals surface area contributed by atoms with Gasteiger partial charge in [-0.2, -0.15) is 0 Å². The summed E-state index contributed by atoms with van der Waals surface area (Å²) in [5, 5.41) is 20.4. The smallest absolute Gasteiger partial charge is 0.201 e. The molecule has 0 aliphatic heterocycles. The van der Waals surface area contributed by atoms with E-state index in [0.29, 0.717) is 6.54 Å². The molecule has 19 heavy (non-hydrogen) atoms. The van der Waals surface area contributed by atoms with Crippen LogP contribution in [-0.2, 0) is 19.4 Å². The molecule has 1 aromatic carbocycles. The highest BCUT2D eigenvalue weighted by molar-refractivity contribution is 5.65. The summed E-state index contributed by atoms with van der Waals surface area (Å²) in [6.07, 6.45) is 6.43. The monoisotopic (exact) mass is 255 g/mol. The van der Waals surface area contributed by atoms with Gasteiger partial charge in [-0.1, -0.05) is 42.5 Å². The Bertz CT molecular complexity index is 611. The Morgan fingerprint density at radius 1 is 1.05 bits per heavy atom. The molecule has 0 saturated carbocycles. The predicted octanol–water partition coefficient (Wildman–Crippen LogP) is 3.10. The van der Waals surface area contributed by atoms with E-state index < -0.39 is 0 Å². The maximum absolute atomic E-state index is 10.2. The maximum atomic E-state index is 10.2. The summed E-state index contributed by atoms with van der Waals surface area (Å²) >= 11 is 0. The van der Waals surface area contributed by atoms with Crippen molar-refractivity contribution in [2.45, 2.75) is 25.8 Å². The lowest BCUT2D eigenvalue weighted by atomic mass is 10.0. The molecule has 3 nitrogen and oxygen atoms in total. The Hall–Kier alpha value is -2.16. The number of rotatable bonds is 3. The third-order valence-corrected chi connectivity index (χ3v) is 3.66. The molecule has 3 rings (SSSR count). The van der Waals surface area contributed by atoms with E-state index in [1.54, 1.807) is 4.57 Å². The lowest BCUT2D eigenvalue weighted by Gasteiger charge is -2.07. The third kappa shape index (κ3) is 2.12. The van der Waals surface area contributed by atoms with E-state index in [9.17, 15) is 10.2 Å². The molecule has 1 aliphatic carbocycles. The molecule has 2 N–H and O–H groups in total. The second-order valence-electron chi connectivity index (χ2n) is 4.87. The number of benzene rings is 1. The molecule has 0 unspecified atom stereocenters. The van der Waals surface area contributed by atoms with Crippen molar-refractivity contribution in [3.05, 3.63) is 53.1 Å². The van der Waals surface area contributed by atoms with Gasteiger partial charge in [0.15, 0.2) is 5.88 Å². The van der Waals surface area contributed by atoms with Gasteiger partial charge in [-0.3, -0.25) is 4.57 Å². The minimum absolute atomic E-state index is 0.180. The topological polar surface area (TPSA) is 45.4 Å². The van der Waals surface area contributed by atoms with E-state index >= 15 is 0 Å². The lowest BCUT2D eigenvalue weighted by Crippen LogP contribution is -2.00. The van der Waals surface area contributed by atoms with E-state index in [4.69, 9.17) is 0 Å². The zero-order valence-corrected chi connectivity index (χ0v) is 10.7. The first kappa shape index (κ1) is 11.9. The van der Waals surface area contributed by atoms with Crippen LogP contribution in [-0.4, -0.2) is 14.8 Å². The molecule has 0 saturated heterocycles. The van der Waals surface area contributed by atoms with Crippen molar-refractivity contribution in [3.8, 4) is 11.8 Å². The van der Waals surface area contributed by atoms with Gasteiger partial charge in [0.1, 0.15) is 0 Å². The van der Waals surface area contributed by atoms with Crippen molar-refractivity contribution in [2.24, 2.45) is 0 Å². The zero-order chi connectivity index (χ0) is 13.2. The Balaban J connectivity index is 1.86. The lowest BCUT2D eigenvalue weighted by molar-refractivity contribution is 0.366. The molecule has 2 aromatic rings. The van der Waals surface area contributed by atoms with Crippen LogP contribution in [0.25, 0.3) is 6.08 Å². The van der Waals surface area contributed by atoms with Gasteiger partial charge in [0.2, 0.25) is 5.88 Å². The van der Waals surface area contributed by atoms with Crippen molar-refractivity contribution in [3.63, 3.8) is 0 Å². The second kappa shape index (κ2) is 4.84. The van der Waals surface area contributed by atoms with Gasteiger partial charge in [0.05, 0.1) is 0 Å².